The van der Waals surface area contributed by atoms with Crippen molar-refractivity contribution in [3.63, 3.8) is 0 Å². The molecule has 1 aliphatic carbocycles. The molecule has 1 N–H and O–H groups in total. The normalized spacial score (nSPS) is 15.8. The summed E-state index contributed by atoms with van der Waals surface area (Å²) in [4.78, 5) is 0. The molecule has 0 spiro atoms. The van der Waals surface area contributed by atoms with Crippen molar-refractivity contribution in [1.29, 1.82) is 0 Å². The van der Waals surface area contributed by atoms with Crippen LogP contribution >= 0.6 is 0 Å². The first kappa shape index (κ1) is 13.2. The van der Waals surface area contributed by atoms with Crippen molar-refractivity contribution < 1.29 is 0 Å². The lowest BCUT2D eigenvalue weighted by atomic mass is 10.0. The zero-order chi connectivity index (χ0) is 13.8. The molecule has 0 saturated heterocycles. The summed E-state index contributed by atoms with van der Waals surface area (Å²) >= 11 is 0. The van der Waals surface area contributed by atoms with Gasteiger partial charge in [0.05, 0.1) is 0 Å². The predicted octanol–water partition coefficient (Wildman–Crippen LogP) is 4.88. The lowest BCUT2D eigenvalue weighted by Gasteiger charge is -2.18. The lowest BCUT2D eigenvalue weighted by Crippen LogP contribution is -2.16. The molecule has 1 fully saturated rings. The van der Waals surface area contributed by atoms with Crippen LogP contribution in [0.3, 0.4) is 0 Å². The van der Waals surface area contributed by atoms with E-state index in [-0.39, 0.29) is 0 Å². The summed E-state index contributed by atoms with van der Waals surface area (Å²) in [6, 6.07) is 20.0. The average Bonchev–Trinajstić information content (AvgIpc) is 3.26. The van der Waals surface area contributed by atoms with Crippen LogP contribution in [0, 0.1) is 5.92 Å². The Morgan fingerprint density at radius 3 is 2.45 bits per heavy atom. The molecule has 104 valence electrons. The van der Waals surface area contributed by atoms with Crippen molar-refractivity contribution in [1.82, 2.24) is 0 Å². The first-order valence-corrected chi connectivity index (χ1v) is 7.69. The Morgan fingerprint density at radius 1 is 1.00 bits per heavy atom. The summed E-state index contributed by atoms with van der Waals surface area (Å²) in [6.07, 6.45) is 5.16. The molecule has 1 aliphatic rings. The standard InChI is InChI=1S/C19H23N/c1-15(13-17-11-12-17)20-19-10-6-5-9-18(19)14-16-7-3-2-4-8-16/h2-10,15,17,20H,11-14H2,1H3. The van der Waals surface area contributed by atoms with Crippen molar-refractivity contribution in [3.05, 3.63) is 65.7 Å². The summed E-state index contributed by atoms with van der Waals surface area (Å²) in [7, 11) is 0. The number of anilines is 1. The van der Waals surface area contributed by atoms with Crippen molar-refractivity contribution in [2.75, 3.05) is 5.32 Å². The van der Waals surface area contributed by atoms with Crippen LogP contribution in [0.5, 0.6) is 0 Å². The second-order valence-corrected chi connectivity index (χ2v) is 6.04. The predicted molar refractivity (Wildman–Crippen MR) is 86.1 cm³/mol. The minimum absolute atomic E-state index is 0.569. The SMILES string of the molecule is CC(CC1CC1)Nc1ccccc1Cc1ccccc1. The number of hydrogen-bond donors (Lipinski definition) is 1. The van der Waals surface area contributed by atoms with Crippen molar-refractivity contribution in [2.24, 2.45) is 5.92 Å². The maximum Gasteiger partial charge on any atom is 0.0378 e. The fourth-order valence-electron chi connectivity index (χ4n) is 2.81. The summed E-state index contributed by atoms with van der Waals surface area (Å²) in [5, 5.41) is 3.70. The molecular weight excluding hydrogens is 242 g/mol. The fourth-order valence-corrected chi connectivity index (χ4v) is 2.81. The summed E-state index contributed by atoms with van der Waals surface area (Å²) in [6.45, 7) is 2.30. The summed E-state index contributed by atoms with van der Waals surface area (Å²) in [5.41, 5.74) is 4.06. The third-order valence-electron chi connectivity index (χ3n) is 4.04. The van der Waals surface area contributed by atoms with Crippen LogP contribution in [-0.4, -0.2) is 6.04 Å². The third kappa shape index (κ3) is 3.63. The maximum atomic E-state index is 3.70. The van der Waals surface area contributed by atoms with E-state index in [1.165, 1.54) is 36.1 Å². The second-order valence-electron chi connectivity index (χ2n) is 6.04. The van der Waals surface area contributed by atoms with E-state index in [4.69, 9.17) is 0 Å². The van der Waals surface area contributed by atoms with E-state index in [1.54, 1.807) is 0 Å². The van der Waals surface area contributed by atoms with E-state index >= 15 is 0 Å². The van der Waals surface area contributed by atoms with Gasteiger partial charge in [-0.3, -0.25) is 0 Å². The van der Waals surface area contributed by atoms with Gasteiger partial charge in [-0.1, -0.05) is 61.4 Å². The van der Waals surface area contributed by atoms with E-state index in [9.17, 15) is 0 Å². The van der Waals surface area contributed by atoms with Crippen molar-refractivity contribution in [2.45, 2.75) is 38.6 Å². The van der Waals surface area contributed by atoms with Crippen LogP contribution in [0.1, 0.15) is 37.3 Å². The second kappa shape index (κ2) is 6.13. The Hall–Kier alpha value is -1.76. The van der Waals surface area contributed by atoms with Gasteiger partial charge in [-0.05, 0) is 42.9 Å². The van der Waals surface area contributed by atoms with Gasteiger partial charge in [0.2, 0.25) is 0 Å². The van der Waals surface area contributed by atoms with Crippen LogP contribution in [0.25, 0.3) is 0 Å². The molecule has 0 aliphatic heterocycles. The van der Waals surface area contributed by atoms with Crippen LogP contribution in [0.4, 0.5) is 5.69 Å². The molecule has 20 heavy (non-hydrogen) atoms. The minimum atomic E-state index is 0.569. The molecule has 1 nitrogen and oxygen atoms in total. The summed E-state index contributed by atoms with van der Waals surface area (Å²) in [5.74, 6) is 0.971. The third-order valence-corrected chi connectivity index (χ3v) is 4.04. The molecule has 2 aromatic carbocycles. The van der Waals surface area contributed by atoms with Crippen LogP contribution in [0.15, 0.2) is 54.6 Å². The Morgan fingerprint density at radius 2 is 1.70 bits per heavy atom. The Balaban J connectivity index is 1.70. The monoisotopic (exact) mass is 265 g/mol. The Kier molecular flexibility index (Phi) is 4.05. The van der Waals surface area contributed by atoms with Crippen LogP contribution < -0.4 is 5.32 Å². The van der Waals surface area contributed by atoms with Gasteiger partial charge in [0.25, 0.3) is 0 Å². The molecule has 0 amide bonds. The topological polar surface area (TPSA) is 12.0 Å². The Bertz CT molecular complexity index is 543. The van der Waals surface area contributed by atoms with Gasteiger partial charge >= 0.3 is 0 Å². The molecule has 1 atom stereocenters. The largest absolute Gasteiger partial charge is 0.382 e. The van der Waals surface area contributed by atoms with Gasteiger partial charge in [-0.15, -0.1) is 0 Å². The maximum absolute atomic E-state index is 3.70. The van der Waals surface area contributed by atoms with Gasteiger partial charge in [-0.2, -0.15) is 0 Å². The smallest absolute Gasteiger partial charge is 0.0378 e. The first-order valence-electron chi connectivity index (χ1n) is 7.69. The molecule has 0 heterocycles. The van der Waals surface area contributed by atoms with E-state index < -0.39 is 0 Å². The highest BCUT2D eigenvalue weighted by molar-refractivity contribution is 5.53. The van der Waals surface area contributed by atoms with Crippen molar-refractivity contribution >= 4 is 5.69 Å². The van der Waals surface area contributed by atoms with Gasteiger partial charge < -0.3 is 5.32 Å². The highest BCUT2D eigenvalue weighted by Crippen LogP contribution is 2.34. The molecule has 1 heteroatoms. The van der Waals surface area contributed by atoms with E-state index in [0.29, 0.717) is 6.04 Å². The van der Waals surface area contributed by atoms with Gasteiger partial charge in [-0.25, -0.2) is 0 Å². The quantitative estimate of drug-likeness (QED) is 0.785. The number of nitrogens with one attached hydrogen (secondary N) is 1. The molecule has 0 radical (unpaired) electrons. The molecule has 0 aromatic heterocycles. The number of benzene rings is 2. The zero-order valence-corrected chi connectivity index (χ0v) is 12.2. The Labute approximate surface area is 122 Å². The zero-order valence-electron chi connectivity index (χ0n) is 12.2. The molecular formula is C19H23N. The minimum Gasteiger partial charge on any atom is -0.382 e. The molecule has 2 aromatic rings. The highest BCUT2D eigenvalue weighted by Gasteiger charge is 2.23. The molecule has 0 bridgehead atoms. The van der Waals surface area contributed by atoms with Gasteiger partial charge in [0.15, 0.2) is 0 Å². The van der Waals surface area contributed by atoms with Crippen LogP contribution in [-0.2, 0) is 6.42 Å². The van der Waals surface area contributed by atoms with E-state index in [2.05, 4.69) is 66.8 Å². The number of para-hydroxylation sites is 1. The summed E-state index contributed by atoms with van der Waals surface area (Å²) < 4.78 is 0. The average molecular weight is 265 g/mol. The van der Waals surface area contributed by atoms with Gasteiger partial charge in [0.1, 0.15) is 0 Å². The number of hydrogen-bond acceptors (Lipinski definition) is 1. The van der Waals surface area contributed by atoms with Crippen molar-refractivity contribution in [3.8, 4) is 0 Å². The first-order chi connectivity index (χ1) is 9.81. The van der Waals surface area contributed by atoms with E-state index in [1.807, 2.05) is 0 Å². The fraction of sp³-hybridized carbons (Fsp3) is 0.368. The van der Waals surface area contributed by atoms with E-state index in [0.717, 1.165) is 12.3 Å². The number of rotatable bonds is 6. The highest BCUT2D eigenvalue weighted by atomic mass is 14.9. The van der Waals surface area contributed by atoms with Gasteiger partial charge in [0, 0.05) is 11.7 Å². The molecule has 1 unspecified atom stereocenters. The van der Waals surface area contributed by atoms with Crippen LogP contribution in [0.2, 0.25) is 0 Å². The lowest BCUT2D eigenvalue weighted by molar-refractivity contribution is 0.641. The molecule has 1 saturated carbocycles. The molecule has 3 rings (SSSR count).